The van der Waals surface area contributed by atoms with Crippen molar-refractivity contribution in [2.45, 2.75) is 50.7 Å². The van der Waals surface area contributed by atoms with Gasteiger partial charge in [-0.1, -0.05) is 0 Å². The monoisotopic (exact) mass is 264 g/mol. The maximum absolute atomic E-state index is 3.73. The Labute approximate surface area is 110 Å². The highest BCUT2D eigenvalue weighted by Gasteiger charge is 2.29. The summed E-state index contributed by atoms with van der Waals surface area (Å²) in [6.45, 7) is 3.52. The van der Waals surface area contributed by atoms with E-state index in [0.29, 0.717) is 6.04 Å². The summed E-state index contributed by atoms with van der Waals surface area (Å²) in [5.41, 5.74) is 0. The van der Waals surface area contributed by atoms with Crippen molar-refractivity contribution in [3.05, 3.63) is 0 Å². The molecular weight excluding hydrogens is 240 g/mol. The highest BCUT2D eigenvalue weighted by Crippen LogP contribution is 2.26. The van der Waals surface area contributed by atoms with Gasteiger partial charge in [0.15, 0.2) is 0 Å². The standard InChI is InChI=1S/C12H24N2S.ClH/c1-10(14(2)12-3-4-12)9-13-11-5-7-15-8-6-11;/h10-13H,3-9H2,1-2H3;1H. The molecule has 1 saturated carbocycles. The van der Waals surface area contributed by atoms with Crippen molar-refractivity contribution in [3.8, 4) is 0 Å². The van der Waals surface area contributed by atoms with E-state index in [9.17, 15) is 0 Å². The lowest BCUT2D eigenvalue weighted by Crippen LogP contribution is -2.43. The molecule has 0 aromatic carbocycles. The quantitative estimate of drug-likeness (QED) is 0.821. The smallest absolute Gasteiger partial charge is 0.0192 e. The van der Waals surface area contributed by atoms with E-state index in [1.807, 2.05) is 0 Å². The molecule has 1 saturated heterocycles. The molecule has 1 atom stereocenters. The first-order chi connectivity index (χ1) is 7.27. The molecule has 1 aliphatic heterocycles. The zero-order chi connectivity index (χ0) is 10.7. The molecule has 0 spiro atoms. The highest BCUT2D eigenvalue weighted by molar-refractivity contribution is 7.99. The molecule has 1 N–H and O–H groups in total. The fourth-order valence-electron chi connectivity index (χ4n) is 2.22. The first-order valence-electron chi connectivity index (χ1n) is 6.30. The zero-order valence-corrected chi connectivity index (χ0v) is 12.1. The molecule has 0 amide bonds. The van der Waals surface area contributed by atoms with Crippen LogP contribution in [-0.4, -0.2) is 48.1 Å². The molecule has 2 nitrogen and oxygen atoms in total. The lowest BCUT2D eigenvalue weighted by Gasteiger charge is -2.29. The molecule has 0 aromatic heterocycles. The average molecular weight is 265 g/mol. The minimum absolute atomic E-state index is 0. The van der Waals surface area contributed by atoms with Gasteiger partial charge in [0.05, 0.1) is 0 Å². The van der Waals surface area contributed by atoms with Gasteiger partial charge in [0.25, 0.3) is 0 Å². The van der Waals surface area contributed by atoms with Crippen LogP contribution >= 0.6 is 24.2 Å². The summed E-state index contributed by atoms with van der Waals surface area (Å²) in [5, 5.41) is 3.73. The van der Waals surface area contributed by atoms with E-state index < -0.39 is 0 Å². The number of rotatable bonds is 5. The Morgan fingerprint density at radius 1 is 1.25 bits per heavy atom. The molecule has 1 heterocycles. The van der Waals surface area contributed by atoms with E-state index in [1.54, 1.807) is 0 Å². The maximum atomic E-state index is 3.73. The van der Waals surface area contributed by atoms with Crippen molar-refractivity contribution in [1.29, 1.82) is 0 Å². The molecule has 4 heteroatoms. The van der Waals surface area contributed by atoms with Crippen molar-refractivity contribution in [1.82, 2.24) is 10.2 Å². The number of nitrogens with zero attached hydrogens (tertiary/aromatic N) is 1. The van der Waals surface area contributed by atoms with Crippen LogP contribution < -0.4 is 5.32 Å². The number of hydrogen-bond donors (Lipinski definition) is 1. The van der Waals surface area contributed by atoms with E-state index >= 15 is 0 Å². The lowest BCUT2D eigenvalue weighted by atomic mass is 10.1. The fourth-order valence-corrected chi connectivity index (χ4v) is 3.33. The van der Waals surface area contributed by atoms with E-state index in [0.717, 1.165) is 12.1 Å². The highest BCUT2D eigenvalue weighted by atomic mass is 35.5. The van der Waals surface area contributed by atoms with Crippen molar-refractivity contribution in [2.75, 3.05) is 25.1 Å². The number of thioether (sulfide) groups is 1. The maximum Gasteiger partial charge on any atom is 0.0192 e. The first kappa shape index (κ1) is 14.6. The van der Waals surface area contributed by atoms with Gasteiger partial charge in [0.2, 0.25) is 0 Å². The Hall–Kier alpha value is 0.560. The molecule has 1 unspecified atom stereocenters. The molecule has 2 rings (SSSR count). The second-order valence-electron chi connectivity index (χ2n) is 5.04. The van der Waals surface area contributed by atoms with Gasteiger partial charge < -0.3 is 5.32 Å². The van der Waals surface area contributed by atoms with Crippen LogP contribution in [0.3, 0.4) is 0 Å². The summed E-state index contributed by atoms with van der Waals surface area (Å²) in [6.07, 6.45) is 5.57. The second kappa shape index (κ2) is 7.10. The minimum atomic E-state index is 0. The van der Waals surface area contributed by atoms with Gasteiger partial charge in [-0.15, -0.1) is 12.4 Å². The van der Waals surface area contributed by atoms with Gasteiger partial charge >= 0.3 is 0 Å². The summed E-state index contributed by atoms with van der Waals surface area (Å²) in [7, 11) is 2.28. The largest absolute Gasteiger partial charge is 0.312 e. The number of halogens is 1. The average Bonchev–Trinajstić information content (AvgIpc) is 3.10. The molecule has 0 radical (unpaired) electrons. The molecule has 0 aromatic rings. The summed E-state index contributed by atoms with van der Waals surface area (Å²) in [5.74, 6) is 2.70. The summed E-state index contributed by atoms with van der Waals surface area (Å²) >= 11 is 2.10. The van der Waals surface area contributed by atoms with Crippen LogP contribution in [-0.2, 0) is 0 Å². The summed E-state index contributed by atoms with van der Waals surface area (Å²) in [6, 6.07) is 2.39. The van der Waals surface area contributed by atoms with Crippen molar-refractivity contribution in [3.63, 3.8) is 0 Å². The van der Waals surface area contributed by atoms with Crippen molar-refractivity contribution < 1.29 is 0 Å². The van der Waals surface area contributed by atoms with Crippen molar-refractivity contribution in [2.24, 2.45) is 0 Å². The number of nitrogens with one attached hydrogen (secondary N) is 1. The Kier molecular flexibility index (Phi) is 6.48. The Morgan fingerprint density at radius 2 is 1.88 bits per heavy atom. The molecule has 1 aliphatic carbocycles. The normalized spacial score (nSPS) is 24.2. The third-order valence-electron chi connectivity index (χ3n) is 3.74. The molecule has 96 valence electrons. The topological polar surface area (TPSA) is 15.3 Å². The summed E-state index contributed by atoms with van der Waals surface area (Å²) < 4.78 is 0. The molecular formula is C12H25ClN2S. The second-order valence-corrected chi connectivity index (χ2v) is 6.27. The lowest BCUT2D eigenvalue weighted by molar-refractivity contribution is 0.234. The Bertz CT molecular complexity index is 193. The van der Waals surface area contributed by atoms with Gasteiger partial charge in [0, 0.05) is 24.7 Å². The van der Waals surface area contributed by atoms with Gasteiger partial charge in [-0.2, -0.15) is 11.8 Å². The third-order valence-corrected chi connectivity index (χ3v) is 4.79. The minimum Gasteiger partial charge on any atom is -0.312 e. The first-order valence-corrected chi connectivity index (χ1v) is 7.46. The molecule has 2 fully saturated rings. The summed E-state index contributed by atoms with van der Waals surface area (Å²) in [4.78, 5) is 2.55. The van der Waals surface area contributed by atoms with E-state index in [1.165, 1.54) is 43.7 Å². The van der Waals surface area contributed by atoms with Crippen molar-refractivity contribution >= 4 is 24.2 Å². The van der Waals surface area contributed by atoms with Gasteiger partial charge in [-0.3, -0.25) is 4.90 Å². The molecule has 16 heavy (non-hydrogen) atoms. The van der Waals surface area contributed by atoms with Crippen LogP contribution in [0, 0.1) is 0 Å². The van der Waals surface area contributed by atoms with Crippen LogP contribution in [0.2, 0.25) is 0 Å². The van der Waals surface area contributed by atoms with E-state index in [2.05, 4.69) is 35.9 Å². The predicted octanol–water partition coefficient (Wildman–Crippen LogP) is 2.38. The SMILES string of the molecule is CC(CNC1CCSCC1)N(C)C1CC1.Cl. The van der Waals surface area contributed by atoms with Crippen LogP contribution in [0.25, 0.3) is 0 Å². The van der Waals surface area contributed by atoms with Crippen LogP contribution in [0.4, 0.5) is 0 Å². The van der Waals surface area contributed by atoms with Crippen LogP contribution in [0.5, 0.6) is 0 Å². The molecule has 2 aliphatic rings. The predicted molar refractivity (Wildman–Crippen MR) is 75.8 cm³/mol. The molecule has 0 bridgehead atoms. The van der Waals surface area contributed by atoms with Gasteiger partial charge in [0.1, 0.15) is 0 Å². The van der Waals surface area contributed by atoms with E-state index in [4.69, 9.17) is 0 Å². The van der Waals surface area contributed by atoms with Crippen LogP contribution in [0.15, 0.2) is 0 Å². The third kappa shape index (κ3) is 4.44. The zero-order valence-electron chi connectivity index (χ0n) is 10.4. The Balaban J connectivity index is 0.00000128. The van der Waals surface area contributed by atoms with Crippen LogP contribution in [0.1, 0.15) is 32.6 Å². The fraction of sp³-hybridized carbons (Fsp3) is 1.00. The van der Waals surface area contributed by atoms with Gasteiger partial charge in [-0.05, 0) is 51.2 Å². The van der Waals surface area contributed by atoms with Gasteiger partial charge in [-0.25, -0.2) is 0 Å². The number of likely N-dealkylation sites (N-methyl/N-ethyl adjacent to an activating group) is 1. The van der Waals surface area contributed by atoms with E-state index in [-0.39, 0.29) is 12.4 Å². The Morgan fingerprint density at radius 3 is 2.44 bits per heavy atom. The number of hydrogen-bond acceptors (Lipinski definition) is 3.